The van der Waals surface area contributed by atoms with E-state index in [2.05, 4.69) is 17.0 Å². The molecule has 0 aliphatic carbocycles. The molecule has 0 fully saturated rings. The summed E-state index contributed by atoms with van der Waals surface area (Å²) in [5, 5.41) is 11.1. The Balaban J connectivity index is 2.02. The standard InChI is InChI=1S/C11H13NOS/c13-7-11-8-14-9-12(11)6-10-4-2-1-3-5-10/h1-5,8,13H,6-7,9H2. The number of rotatable bonds is 3. The van der Waals surface area contributed by atoms with E-state index >= 15 is 0 Å². The summed E-state index contributed by atoms with van der Waals surface area (Å²) in [4.78, 5) is 2.19. The molecule has 1 heterocycles. The van der Waals surface area contributed by atoms with Gasteiger partial charge in [-0.1, -0.05) is 30.3 Å². The number of nitrogens with zero attached hydrogens (tertiary/aromatic N) is 1. The number of hydrogen-bond acceptors (Lipinski definition) is 3. The molecule has 0 atom stereocenters. The maximum atomic E-state index is 9.09. The fourth-order valence-corrected chi connectivity index (χ4v) is 2.40. The van der Waals surface area contributed by atoms with Crippen LogP contribution in [-0.4, -0.2) is 22.5 Å². The quantitative estimate of drug-likeness (QED) is 0.820. The van der Waals surface area contributed by atoms with Crippen LogP contribution in [0.1, 0.15) is 5.56 Å². The average molecular weight is 207 g/mol. The summed E-state index contributed by atoms with van der Waals surface area (Å²) in [6.45, 7) is 1.03. The Morgan fingerprint density at radius 2 is 2.07 bits per heavy atom. The van der Waals surface area contributed by atoms with Crippen LogP contribution >= 0.6 is 11.8 Å². The van der Waals surface area contributed by atoms with Crippen LogP contribution in [0, 0.1) is 0 Å². The van der Waals surface area contributed by atoms with Crippen LogP contribution in [0.15, 0.2) is 41.4 Å². The minimum absolute atomic E-state index is 0.139. The van der Waals surface area contributed by atoms with Crippen LogP contribution in [0.5, 0.6) is 0 Å². The summed E-state index contributed by atoms with van der Waals surface area (Å²) in [6, 6.07) is 10.3. The van der Waals surface area contributed by atoms with Crippen molar-refractivity contribution in [3.63, 3.8) is 0 Å². The highest BCUT2D eigenvalue weighted by atomic mass is 32.2. The van der Waals surface area contributed by atoms with Gasteiger partial charge in [-0.2, -0.15) is 0 Å². The van der Waals surface area contributed by atoms with Crippen molar-refractivity contribution < 1.29 is 5.11 Å². The van der Waals surface area contributed by atoms with E-state index in [1.54, 1.807) is 11.8 Å². The van der Waals surface area contributed by atoms with Gasteiger partial charge in [0, 0.05) is 12.2 Å². The molecule has 1 aliphatic rings. The Morgan fingerprint density at radius 3 is 2.79 bits per heavy atom. The summed E-state index contributed by atoms with van der Waals surface area (Å²) >= 11 is 1.74. The SMILES string of the molecule is OCC1=CSCN1Cc1ccccc1. The molecule has 0 unspecified atom stereocenters. The molecule has 2 rings (SSSR count). The smallest absolute Gasteiger partial charge is 0.0835 e. The lowest BCUT2D eigenvalue weighted by Gasteiger charge is -2.20. The molecule has 1 aromatic rings. The van der Waals surface area contributed by atoms with Crippen molar-refractivity contribution in [1.82, 2.24) is 4.90 Å². The Labute approximate surface area is 88.2 Å². The summed E-state index contributed by atoms with van der Waals surface area (Å²) in [5.74, 6) is 0.949. The second-order valence-corrected chi connectivity index (χ2v) is 4.07. The molecule has 74 valence electrons. The molecule has 0 radical (unpaired) electrons. The van der Waals surface area contributed by atoms with Gasteiger partial charge < -0.3 is 10.0 Å². The molecule has 3 heteroatoms. The minimum atomic E-state index is 0.139. The van der Waals surface area contributed by atoms with Gasteiger partial charge in [0.15, 0.2) is 0 Å². The second kappa shape index (κ2) is 4.53. The first-order valence-corrected chi connectivity index (χ1v) is 5.65. The number of hydrogen-bond donors (Lipinski definition) is 1. The zero-order valence-corrected chi connectivity index (χ0v) is 8.70. The third-order valence-corrected chi connectivity index (χ3v) is 3.13. The first-order chi connectivity index (χ1) is 6.90. The van der Waals surface area contributed by atoms with Crippen molar-refractivity contribution >= 4 is 11.8 Å². The van der Waals surface area contributed by atoms with Crippen molar-refractivity contribution in [3.8, 4) is 0 Å². The molecule has 0 bridgehead atoms. The number of aliphatic hydroxyl groups is 1. The van der Waals surface area contributed by atoms with Crippen LogP contribution in [0.3, 0.4) is 0 Å². The number of benzene rings is 1. The first-order valence-electron chi connectivity index (χ1n) is 4.60. The molecule has 0 spiro atoms. The lowest BCUT2D eigenvalue weighted by molar-refractivity contribution is 0.270. The van der Waals surface area contributed by atoms with Gasteiger partial charge in [0.05, 0.1) is 12.5 Å². The number of aliphatic hydroxyl groups excluding tert-OH is 1. The molecule has 1 N–H and O–H groups in total. The highest BCUT2D eigenvalue weighted by molar-refractivity contribution is 8.02. The Kier molecular flexibility index (Phi) is 3.11. The van der Waals surface area contributed by atoms with E-state index in [0.29, 0.717) is 0 Å². The highest BCUT2D eigenvalue weighted by Gasteiger charge is 2.14. The maximum absolute atomic E-state index is 9.09. The van der Waals surface area contributed by atoms with Gasteiger partial charge in [0.25, 0.3) is 0 Å². The summed E-state index contributed by atoms with van der Waals surface area (Å²) in [5.41, 5.74) is 2.31. The third-order valence-electron chi connectivity index (χ3n) is 2.23. The van der Waals surface area contributed by atoms with Gasteiger partial charge in [0.2, 0.25) is 0 Å². The van der Waals surface area contributed by atoms with E-state index in [4.69, 9.17) is 5.11 Å². The van der Waals surface area contributed by atoms with Crippen LogP contribution < -0.4 is 0 Å². The van der Waals surface area contributed by atoms with Crippen LogP contribution in [0.2, 0.25) is 0 Å². The van der Waals surface area contributed by atoms with E-state index in [-0.39, 0.29) is 6.61 Å². The van der Waals surface area contributed by atoms with Crippen LogP contribution in [0.4, 0.5) is 0 Å². The van der Waals surface area contributed by atoms with E-state index in [1.807, 2.05) is 23.6 Å². The third kappa shape index (κ3) is 2.11. The van der Waals surface area contributed by atoms with Crippen molar-refractivity contribution in [3.05, 3.63) is 47.0 Å². The van der Waals surface area contributed by atoms with Gasteiger partial charge >= 0.3 is 0 Å². The monoisotopic (exact) mass is 207 g/mol. The highest BCUT2D eigenvalue weighted by Crippen LogP contribution is 2.24. The molecule has 2 nitrogen and oxygen atoms in total. The molecule has 14 heavy (non-hydrogen) atoms. The molecule has 0 aromatic heterocycles. The molecule has 0 saturated carbocycles. The first kappa shape index (κ1) is 9.62. The predicted octanol–water partition coefficient (Wildman–Crippen LogP) is 2.03. The lowest BCUT2D eigenvalue weighted by atomic mass is 10.2. The van der Waals surface area contributed by atoms with Crippen LogP contribution in [0.25, 0.3) is 0 Å². The molecule has 0 amide bonds. The van der Waals surface area contributed by atoms with Gasteiger partial charge in [0.1, 0.15) is 0 Å². The molecular formula is C11H13NOS. The van der Waals surface area contributed by atoms with Crippen molar-refractivity contribution in [2.24, 2.45) is 0 Å². The second-order valence-electron chi connectivity index (χ2n) is 3.25. The van der Waals surface area contributed by atoms with E-state index < -0.39 is 0 Å². The summed E-state index contributed by atoms with van der Waals surface area (Å²) < 4.78 is 0. The van der Waals surface area contributed by atoms with Gasteiger partial charge in [-0.3, -0.25) is 0 Å². The van der Waals surface area contributed by atoms with Gasteiger partial charge in [-0.25, -0.2) is 0 Å². The number of thioether (sulfide) groups is 1. The zero-order chi connectivity index (χ0) is 9.80. The zero-order valence-electron chi connectivity index (χ0n) is 7.89. The normalized spacial score (nSPS) is 15.8. The molecule has 1 aromatic carbocycles. The maximum Gasteiger partial charge on any atom is 0.0835 e. The lowest BCUT2D eigenvalue weighted by Crippen LogP contribution is -2.20. The molecular weight excluding hydrogens is 194 g/mol. The van der Waals surface area contributed by atoms with Gasteiger partial charge in [-0.15, -0.1) is 11.8 Å². The fraction of sp³-hybridized carbons (Fsp3) is 0.273. The minimum Gasteiger partial charge on any atom is -0.390 e. The average Bonchev–Trinajstić information content (AvgIpc) is 2.67. The van der Waals surface area contributed by atoms with Crippen molar-refractivity contribution in [2.75, 3.05) is 12.5 Å². The van der Waals surface area contributed by atoms with Crippen molar-refractivity contribution in [1.29, 1.82) is 0 Å². The van der Waals surface area contributed by atoms with Crippen molar-refractivity contribution in [2.45, 2.75) is 6.54 Å². The van der Waals surface area contributed by atoms with Crippen LogP contribution in [-0.2, 0) is 6.54 Å². The summed E-state index contributed by atoms with van der Waals surface area (Å²) in [7, 11) is 0. The predicted molar refractivity (Wildman–Crippen MR) is 59.6 cm³/mol. The topological polar surface area (TPSA) is 23.5 Å². The Morgan fingerprint density at radius 1 is 1.29 bits per heavy atom. The largest absolute Gasteiger partial charge is 0.390 e. The van der Waals surface area contributed by atoms with Gasteiger partial charge in [-0.05, 0) is 11.0 Å². The molecule has 0 saturated heterocycles. The fourth-order valence-electron chi connectivity index (χ4n) is 1.47. The summed E-state index contributed by atoms with van der Waals surface area (Å²) in [6.07, 6.45) is 0. The van der Waals surface area contributed by atoms with E-state index in [9.17, 15) is 0 Å². The Hall–Kier alpha value is -0.930. The van der Waals surface area contributed by atoms with E-state index in [1.165, 1.54) is 5.56 Å². The molecule has 1 aliphatic heterocycles. The Bertz CT molecular complexity index is 323. The van der Waals surface area contributed by atoms with E-state index in [0.717, 1.165) is 18.1 Å².